The summed E-state index contributed by atoms with van der Waals surface area (Å²) in [6.07, 6.45) is 0. The average molecular weight is 404 g/mol. The molecule has 130 valence electrons. The van der Waals surface area contributed by atoms with Crippen molar-refractivity contribution in [2.45, 2.75) is 33.4 Å². The zero-order valence-corrected chi connectivity index (χ0v) is 15.7. The van der Waals surface area contributed by atoms with Crippen LogP contribution in [0.15, 0.2) is 39.3 Å². The van der Waals surface area contributed by atoms with Crippen LogP contribution in [0.3, 0.4) is 0 Å². The number of benzene rings is 1. The molecule has 1 amide bonds. The lowest BCUT2D eigenvalue weighted by Gasteiger charge is -2.12. The van der Waals surface area contributed by atoms with Crippen LogP contribution in [0.4, 0.5) is 0 Å². The van der Waals surface area contributed by atoms with Crippen LogP contribution in [0.25, 0.3) is 0 Å². The van der Waals surface area contributed by atoms with Crippen LogP contribution >= 0.6 is 15.9 Å². The normalized spacial score (nSPS) is 12.2. The predicted octanol–water partition coefficient (Wildman–Crippen LogP) is 3.18. The summed E-state index contributed by atoms with van der Waals surface area (Å²) in [5.74, 6) is -0.0568. The van der Waals surface area contributed by atoms with Crippen LogP contribution in [0.5, 0.6) is 0 Å². The molecule has 0 aliphatic heterocycles. The summed E-state index contributed by atoms with van der Waals surface area (Å²) in [7, 11) is 0. The van der Waals surface area contributed by atoms with Gasteiger partial charge in [0.15, 0.2) is 5.82 Å². The second-order valence-corrected chi connectivity index (χ2v) is 6.56. The highest BCUT2D eigenvalue weighted by Gasteiger charge is 2.19. The summed E-state index contributed by atoms with van der Waals surface area (Å²) in [6, 6.07) is 9.52. The molecule has 0 saturated carbocycles. The summed E-state index contributed by atoms with van der Waals surface area (Å²) in [5.41, 5.74) is 2.85. The second-order valence-electron chi connectivity index (χ2n) is 5.76. The van der Waals surface area contributed by atoms with Crippen LogP contribution in [0.2, 0.25) is 0 Å². The van der Waals surface area contributed by atoms with E-state index in [1.165, 1.54) is 0 Å². The molecule has 0 fully saturated rings. The number of nitrogens with zero attached hydrogens (tertiary/aromatic N) is 4. The predicted molar refractivity (Wildman–Crippen MR) is 95.1 cm³/mol. The van der Waals surface area contributed by atoms with Gasteiger partial charge in [0.25, 0.3) is 0 Å². The van der Waals surface area contributed by atoms with Gasteiger partial charge in [0.05, 0.1) is 21.9 Å². The van der Waals surface area contributed by atoms with Crippen molar-refractivity contribution in [3.05, 3.63) is 63.5 Å². The molecule has 0 radical (unpaired) electrons. The molecule has 3 rings (SSSR count). The number of nitrogens with one attached hydrogen (secondary N) is 1. The smallest absolute Gasteiger partial charge is 0.316 e. The molecular formula is C17H18BrN5O2. The Hall–Kier alpha value is -2.48. The summed E-state index contributed by atoms with van der Waals surface area (Å²) >= 11 is 3.48. The lowest BCUT2D eigenvalue weighted by atomic mass is 10.1. The average Bonchev–Trinajstić information content (AvgIpc) is 3.17. The van der Waals surface area contributed by atoms with Crippen molar-refractivity contribution in [3.8, 4) is 0 Å². The lowest BCUT2D eigenvalue weighted by Crippen LogP contribution is -2.26. The minimum Gasteiger partial charge on any atom is -0.341 e. The van der Waals surface area contributed by atoms with Crippen molar-refractivity contribution >= 4 is 21.8 Å². The van der Waals surface area contributed by atoms with E-state index in [1.807, 2.05) is 51.1 Å². The molecule has 0 unspecified atom stereocenters. The number of halogens is 1. The zero-order valence-electron chi connectivity index (χ0n) is 14.2. The molecule has 7 nitrogen and oxygen atoms in total. The number of hydrogen-bond acceptors (Lipinski definition) is 5. The number of carbonyl (C=O) groups is 1. The van der Waals surface area contributed by atoms with E-state index < -0.39 is 5.91 Å². The van der Waals surface area contributed by atoms with Gasteiger partial charge >= 0.3 is 11.8 Å². The number of hydrogen-bond donors (Lipinski definition) is 1. The summed E-state index contributed by atoms with van der Waals surface area (Å²) in [4.78, 5) is 16.4. The van der Waals surface area contributed by atoms with E-state index >= 15 is 0 Å². The maximum Gasteiger partial charge on any atom is 0.316 e. The fourth-order valence-corrected chi connectivity index (χ4v) is 2.74. The number of rotatable bonds is 5. The summed E-state index contributed by atoms with van der Waals surface area (Å²) in [5, 5.41) is 11.1. The standard InChI is InChI=1S/C17H18BrN5O2/c1-10(13-7-5-4-6-8-13)19-16(24)17-20-14(22-25-17)9-23-12(3)15(18)11(2)21-23/h4-8,10H,9H2,1-3H3,(H,19,24)/t10-/m1/s1. The third-order valence-electron chi connectivity index (χ3n) is 3.89. The zero-order chi connectivity index (χ0) is 18.0. The molecule has 1 aromatic carbocycles. The minimum absolute atomic E-state index is 0.0571. The maximum absolute atomic E-state index is 12.3. The van der Waals surface area contributed by atoms with Gasteiger partial charge in [-0.1, -0.05) is 35.5 Å². The third kappa shape index (κ3) is 3.79. The molecule has 0 bridgehead atoms. The first-order valence-electron chi connectivity index (χ1n) is 7.83. The molecule has 3 aromatic rings. The first-order valence-corrected chi connectivity index (χ1v) is 8.63. The largest absolute Gasteiger partial charge is 0.341 e. The Morgan fingerprint density at radius 3 is 2.68 bits per heavy atom. The van der Waals surface area contributed by atoms with Gasteiger partial charge in [-0.2, -0.15) is 10.1 Å². The van der Waals surface area contributed by atoms with E-state index in [0.717, 1.165) is 21.4 Å². The molecule has 8 heteroatoms. The second kappa shape index (κ2) is 7.18. The van der Waals surface area contributed by atoms with Gasteiger partial charge < -0.3 is 9.84 Å². The van der Waals surface area contributed by atoms with Gasteiger partial charge in [-0.05, 0) is 42.3 Å². The number of amides is 1. The Bertz CT molecular complexity index is 888. The van der Waals surface area contributed by atoms with Gasteiger partial charge in [0.2, 0.25) is 0 Å². The van der Waals surface area contributed by atoms with Gasteiger partial charge in [0.1, 0.15) is 6.54 Å². The van der Waals surface area contributed by atoms with Gasteiger partial charge in [-0.15, -0.1) is 0 Å². The molecule has 1 N–H and O–H groups in total. The molecule has 0 spiro atoms. The minimum atomic E-state index is -0.398. The first-order chi connectivity index (χ1) is 12.0. The van der Waals surface area contributed by atoms with E-state index in [4.69, 9.17) is 4.52 Å². The molecule has 2 aromatic heterocycles. The van der Waals surface area contributed by atoms with E-state index in [0.29, 0.717) is 12.4 Å². The Morgan fingerprint density at radius 2 is 2.04 bits per heavy atom. The highest BCUT2D eigenvalue weighted by atomic mass is 79.9. The molecule has 1 atom stereocenters. The van der Waals surface area contributed by atoms with E-state index in [1.54, 1.807) is 4.68 Å². The van der Waals surface area contributed by atoms with Crippen molar-refractivity contribution in [2.75, 3.05) is 0 Å². The van der Waals surface area contributed by atoms with E-state index in [-0.39, 0.29) is 11.9 Å². The highest BCUT2D eigenvalue weighted by Crippen LogP contribution is 2.20. The Balaban J connectivity index is 1.68. The molecule has 0 aliphatic rings. The van der Waals surface area contributed by atoms with E-state index in [9.17, 15) is 4.79 Å². The van der Waals surface area contributed by atoms with Gasteiger partial charge in [-0.25, -0.2) is 0 Å². The topological polar surface area (TPSA) is 85.8 Å². The van der Waals surface area contributed by atoms with Crippen LogP contribution in [-0.4, -0.2) is 25.8 Å². The van der Waals surface area contributed by atoms with Crippen LogP contribution < -0.4 is 5.32 Å². The third-order valence-corrected chi connectivity index (χ3v) is 5.04. The van der Waals surface area contributed by atoms with E-state index in [2.05, 4.69) is 36.5 Å². The van der Waals surface area contributed by atoms with Crippen molar-refractivity contribution in [1.29, 1.82) is 0 Å². The molecule has 2 heterocycles. The van der Waals surface area contributed by atoms with Crippen molar-refractivity contribution in [2.24, 2.45) is 0 Å². The van der Waals surface area contributed by atoms with Gasteiger partial charge in [-0.3, -0.25) is 9.48 Å². The summed E-state index contributed by atoms with van der Waals surface area (Å²) in [6.45, 7) is 6.09. The Morgan fingerprint density at radius 1 is 1.32 bits per heavy atom. The summed E-state index contributed by atoms with van der Waals surface area (Å²) < 4.78 is 7.80. The highest BCUT2D eigenvalue weighted by molar-refractivity contribution is 9.10. The van der Waals surface area contributed by atoms with Gasteiger partial charge in [0, 0.05) is 0 Å². The maximum atomic E-state index is 12.3. The van der Waals surface area contributed by atoms with Crippen LogP contribution in [0, 0.1) is 13.8 Å². The Labute approximate surface area is 153 Å². The first kappa shape index (κ1) is 17.3. The SMILES string of the molecule is Cc1nn(Cc2noc(C(=O)N[C@H](C)c3ccccc3)n2)c(C)c1Br. The molecule has 0 aliphatic carbocycles. The number of aryl methyl sites for hydroxylation is 1. The fraction of sp³-hybridized carbons (Fsp3) is 0.294. The lowest BCUT2D eigenvalue weighted by molar-refractivity contribution is 0.0895. The molecular weight excluding hydrogens is 386 g/mol. The molecule has 0 saturated heterocycles. The van der Waals surface area contributed by atoms with Crippen LogP contribution in [-0.2, 0) is 6.54 Å². The Kier molecular flexibility index (Phi) is 4.98. The molecule has 25 heavy (non-hydrogen) atoms. The van der Waals surface area contributed by atoms with Crippen molar-refractivity contribution in [3.63, 3.8) is 0 Å². The monoisotopic (exact) mass is 403 g/mol. The van der Waals surface area contributed by atoms with Crippen molar-refractivity contribution in [1.82, 2.24) is 25.2 Å². The quantitative estimate of drug-likeness (QED) is 0.706. The van der Waals surface area contributed by atoms with Crippen molar-refractivity contribution < 1.29 is 9.32 Å². The number of aromatic nitrogens is 4. The van der Waals surface area contributed by atoms with Crippen LogP contribution in [0.1, 0.15) is 46.4 Å². The number of carbonyl (C=O) groups excluding carboxylic acids is 1. The fourth-order valence-electron chi connectivity index (χ4n) is 2.46.